The molecule has 0 aromatic carbocycles. The average Bonchev–Trinajstić information content (AvgIpc) is 1.65. The molecule has 35 valence electrons. The van der Waals surface area contributed by atoms with Crippen molar-refractivity contribution in [1.29, 1.82) is 0 Å². The number of hydrogen-bond donors (Lipinski definition) is 0. The second-order valence-electron chi connectivity index (χ2n) is 0.694. The molecule has 0 N–H and O–H groups in total. The molecular weight excluding hydrogens is 82.0 g/mol. The zero-order chi connectivity index (χ0) is 4.99. The van der Waals surface area contributed by atoms with E-state index in [1.807, 2.05) is 0 Å². The molecule has 0 bridgehead atoms. The molecule has 0 atom stereocenters. The van der Waals surface area contributed by atoms with Crippen LogP contribution in [0, 0.1) is 0 Å². The van der Waals surface area contributed by atoms with Crippen molar-refractivity contribution in [3.8, 4) is 0 Å². The molecule has 3 heteroatoms. The van der Waals surface area contributed by atoms with Crippen molar-refractivity contribution in [1.82, 2.24) is 5.32 Å². The van der Waals surface area contributed by atoms with Crippen molar-refractivity contribution in [3.05, 3.63) is 0 Å². The van der Waals surface area contributed by atoms with Crippen LogP contribution in [0.5, 0.6) is 0 Å². The molecule has 0 unspecified atom stereocenters. The van der Waals surface area contributed by atoms with Crippen molar-refractivity contribution >= 4 is 6.09 Å². The molecule has 0 saturated heterocycles. The van der Waals surface area contributed by atoms with Crippen LogP contribution in [0.3, 0.4) is 0 Å². The van der Waals surface area contributed by atoms with Gasteiger partial charge >= 0.3 is 6.09 Å². The maximum atomic E-state index is 9.79. The molecule has 6 heavy (non-hydrogen) atoms. The van der Waals surface area contributed by atoms with Crippen LogP contribution in [0.2, 0.25) is 0 Å². The maximum absolute atomic E-state index is 9.79. The van der Waals surface area contributed by atoms with Crippen molar-refractivity contribution < 1.29 is 9.53 Å². The Morgan fingerprint density at radius 1 is 1.83 bits per heavy atom. The molecule has 0 fully saturated rings. The number of carbonyl (C=O) groups excluding carboxylic acids is 1. The molecule has 0 aromatic heterocycles. The molecule has 0 aliphatic rings. The van der Waals surface area contributed by atoms with Crippen LogP contribution in [-0.2, 0) is 4.74 Å². The first-order valence-corrected chi connectivity index (χ1v) is 1.49. The normalized spacial score (nSPS) is 7.00. The molecule has 0 spiro atoms. The summed E-state index contributed by atoms with van der Waals surface area (Å²) in [6.45, 7) is 0. The summed E-state index contributed by atoms with van der Waals surface area (Å²) in [6.07, 6.45) is -0.532. The van der Waals surface area contributed by atoms with Gasteiger partial charge in [0.05, 0.1) is 7.11 Å². The molecule has 1 amide bonds. The molecule has 0 heterocycles. The van der Waals surface area contributed by atoms with Gasteiger partial charge in [0, 0.05) is 7.05 Å². The number of methoxy groups -OCH3 is 1. The fourth-order valence-electron chi connectivity index (χ4n) is 0.0913. The molecular formula is C3H6NO2. The summed E-state index contributed by atoms with van der Waals surface area (Å²) in [5.41, 5.74) is 0. The number of amides is 1. The lowest BCUT2D eigenvalue weighted by molar-refractivity contribution is 0.172. The lowest BCUT2D eigenvalue weighted by Crippen LogP contribution is -2.08. The predicted molar refractivity (Wildman–Crippen MR) is 20.5 cm³/mol. The first kappa shape index (κ1) is 5.27. The van der Waals surface area contributed by atoms with Gasteiger partial charge in [-0.3, -0.25) is 0 Å². The SMILES string of the molecule is C[N]C(=O)OC. The van der Waals surface area contributed by atoms with Crippen LogP contribution in [-0.4, -0.2) is 20.3 Å². The van der Waals surface area contributed by atoms with Gasteiger partial charge in [-0.15, -0.1) is 0 Å². The summed E-state index contributed by atoms with van der Waals surface area (Å²) >= 11 is 0. The van der Waals surface area contributed by atoms with Crippen molar-refractivity contribution in [2.24, 2.45) is 0 Å². The summed E-state index contributed by atoms with van der Waals surface area (Å²) in [4.78, 5) is 9.79. The molecule has 0 aliphatic carbocycles. The number of hydrogen-bond acceptors (Lipinski definition) is 2. The van der Waals surface area contributed by atoms with Crippen LogP contribution in [0.1, 0.15) is 0 Å². The third-order valence-corrected chi connectivity index (χ3v) is 0.357. The Hall–Kier alpha value is -0.730. The van der Waals surface area contributed by atoms with Crippen LogP contribution in [0.15, 0.2) is 0 Å². The second kappa shape index (κ2) is 2.50. The average molecular weight is 88.1 g/mol. The topological polar surface area (TPSA) is 40.4 Å². The predicted octanol–water partition coefficient (Wildman–Crippen LogP) is -0.0130. The largest absolute Gasteiger partial charge is 0.452 e. The lowest BCUT2D eigenvalue weighted by atomic mass is 11.1. The van der Waals surface area contributed by atoms with Crippen molar-refractivity contribution in [2.75, 3.05) is 14.2 Å². The quantitative estimate of drug-likeness (QED) is 0.417. The smallest absolute Gasteiger partial charge is 0.428 e. The van der Waals surface area contributed by atoms with E-state index in [2.05, 4.69) is 10.1 Å². The zero-order valence-electron chi connectivity index (χ0n) is 3.76. The highest BCUT2D eigenvalue weighted by molar-refractivity contribution is 5.65. The Labute approximate surface area is 36.3 Å². The van der Waals surface area contributed by atoms with Gasteiger partial charge in [0.15, 0.2) is 0 Å². The highest BCUT2D eigenvalue weighted by atomic mass is 16.5. The van der Waals surface area contributed by atoms with E-state index in [-0.39, 0.29) is 0 Å². The molecule has 0 saturated carbocycles. The van der Waals surface area contributed by atoms with E-state index < -0.39 is 6.09 Å². The van der Waals surface area contributed by atoms with Gasteiger partial charge < -0.3 is 4.74 Å². The van der Waals surface area contributed by atoms with Crippen LogP contribution in [0.4, 0.5) is 4.79 Å². The third-order valence-electron chi connectivity index (χ3n) is 0.357. The van der Waals surface area contributed by atoms with Crippen molar-refractivity contribution in [2.45, 2.75) is 0 Å². The van der Waals surface area contributed by atoms with Gasteiger partial charge in [-0.1, -0.05) is 0 Å². The van der Waals surface area contributed by atoms with Gasteiger partial charge in [-0.25, -0.2) is 10.1 Å². The Morgan fingerprint density at radius 3 is 2.33 bits per heavy atom. The summed E-state index contributed by atoms with van der Waals surface area (Å²) in [6, 6.07) is 0. The van der Waals surface area contributed by atoms with E-state index >= 15 is 0 Å². The first-order chi connectivity index (χ1) is 2.81. The summed E-state index contributed by atoms with van der Waals surface area (Å²) in [5.74, 6) is 0. The summed E-state index contributed by atoms with van der Waals surface area (Å²) in [7, 11) is 2.67. The monoisotopic (exact) mass is 88.0 g/mol. The fraction of sp³-hybridized carbons (Fsp3) is 0.667. The standard InChI is InChI=1S/C3H6NO2/c1-4-3(5)6-2/h1-2H3. The summed E-state index contributed by atoms with van der Waals surface area (Å²) in [5, 5.41) is 3.15. The second-order valence-corrected chi connectivity index (χ2v) is 0.694. The lowest BCUT2D eigenvalue weighted by Gasteiger charge is -1.87. The Bertz CT molecular complexity index is 46.8. The molecule has 1 radical (unpaired) electrons. The zero-order valence-corrected chi connectivity index (χ0v) is 3.76. The highest BCUT2D eigenvalue weighted by Crippen LogP contribution is 1.64. The minimum atomic E-state index is -0.532. The minimum absolute atomic E-state index is 0.532. The van der Waals surface area contributed by atoms with Crippen LogP contribution >= 0.6 is 0 Å². The van der Waals surface area contributed by atoms with E-state index in [1.54, 1.807) is 0 Å². The number of ether oxygens (including phenoxy) is 1. The van der Waals surface area contributed by atoms with E-state index in [9.17, 15) is 4.79 Å². The van der Waals surface area contributed by atoms with E-state index in [1.165, 1.54) is 14.2 Å². The number of nitrogens with zero attached hydrogens (tertiary/aromatic N) is 1. The molecule has 0 rings (SSSR count). The number of carbonyl (C=O) groups is 1. The van der Waals surface area contributed by atoms with Gasteiger partial charge in [-0.2, -0.15) is 0 Å². The fourth-order valence-corrected chi connectivity index (χ4v) is 0.0913. The van der Waals surface area contributed by atoms with Gasteiger partial charge in [0.2, 0.25) is 0 Å². The van der Waals surface area contributed by atoms with Gasteiger partial charge in [-0.05, 0) is 0 Å². The van der Waals surface area contributed by atoms with E-state index in [0.717, 1.165) is 0 Å². The van der Waals surface area contributed by atoms with Crippen LogP contribution in [0.25, 0.3) is 0 Å². The van der Waals surface area contributed by atoms with E-state index in [0.29, 0.717) is 0 Å². The Balaban J connectivity index is 2.99. The third kappa shape index (κ3) is 1.58. The number of rotatable bonds is 0. The van der Waals surface area contributed by atoms with E-state index in [4.69, 9.17) is 0 Å². The van der Waals surface area contributed by atoms with Gasteiger partial charge in [0.25, 0.3) is 0 Å². The molecule has 3 nitrogen and oxygen atoms in total. The highest BCUT2D eigenvalue weighted by Gasteiger charge is 1.88. The molecule has 0 aliphatic heterocycles. The van der Waals surface area contributed by atoms with Crippen LogP contribution < -0.4 is 5.32 Å². The molecule has 0 aromatic rings. The minimum Gasteiger partial charge on any atom is -0.452 e. The maximum Gasteiger partial charge on any atom is 0.428 e. The summed E-state index contributed by atoms with van der Waals surface area (Å²) < 4.78 is 4.09. The Kier molecular flexibility index (Phi) is 2.20. The Morgan fingerprint density at radius 2 is 2.33 bits per heavy atom. The van der Waals surface area contributed by atoms with Gasteiger partial charge in [0.1, 0.15) is 0 Å². The first-order valence-electron chi connectivity index (χ1n) is 1.49. The van der Waals surface area contributed by atoms with Crippen molar-refractivity contribution in [3.63, 3.8) is 0 Å².